The van der Waals surface area contributed by atoms with Gasteiger partial charge in [0.25, 0.3) is 0 Å². The third kappa shape index (κ3) is 4.97. The lowest BCUT2D eigenvalue weighted by Crippen LogP contribution is -2.36. The van der Waals surface area contributed by atoms with Gasteiger partial charge in [-0.3, -0.25) is 0 Å². The van der Waals surface area contributed by atoms with Gasteiger partial charge in [-0.25, -0.2) is 4.39 Å². The molecule has 0 aliphatic heterocycles. The highest BCUT2D eigenvalue weighted by atomic mass is 35.5. The molecule has 0 heterocycles. The molecule has 0 fully saturated rings. The minimum Gasteiger partial charge on any atom is -0.494 e. The zero-order valence-electron chi connectivity index (χ0n) is 11.8. The van der Waals surface area contributed by atoms with Gasteiger partial charge in [0, 0.05) is 6.04 Å². The molecule has 3 nitrogen and oxygen atoms in total. The molecule has 0 spiro atoms. The molecule has 0 unspecified atom stereocenters. The normalized spacial score (nSPS) is 14.5. The Morgan fingerprint density at radius 2 is 1.95 bits per heavy atom. The van der Waals surface area contributed by atoms with E-state index in [0.717, 1.165) is 0 Å². The molecular formula is C14H23ClFNO2. The Morgan fingerprint density at radius 1 is 1.37 bits per heavy atom. The van der Waals surface area contributed by atoms with Crippen molar-refractivity contribution in [3.05, 3.63) is 29.6 Å². The van der Waals surface area contributed by atoms with Crippen LogP contribution in [0.15, 0.2) is 18.2 Å². The fraction of sp³-hybridized carbons (Fsp3) is 0.571. The maximum Gasteiger partial charge on any atom is 0.165 e. The molecule has 0 radical (unpaired) electrons. The highest BCUT2D eigenvalue weighted by Crippen LogP contribution is 2.28. The molecule has 0 saturated heterocycles. The first kappa shape index (κ1) is 18.2. The minimum absolute atomic E-state index is 0. The Balaban J connectivity index is 0.00000324. The number of hydrogen-bond acceptors (Lipinski definition) is 3. The van der Waals surface area contributed by atoms with Crippen LogP contribution in [0.1, 0.15) is 38.9 Å². The summed E-state index contributed by atoms with van der Waals surface area (Å²) in [7, 11) is 1.41. The van der Waals surface area contributed by atoms with Crippen LogP contribution in [0.5, 0.6) is 5.75 Å². The lowest BCUT2D eigenvalue weighted by molar-refractivity contribution is 0.133. The first-order chi connectivity index (χ1) is 8.25. The lowest BCUT2D eigenvalue weighted by atomic mass is 9.83. The smallest absolute Gasteiger partial charge is 0.165 e. The van der Waals surface area contributed by atoms with Crippen LogP contribution in [0.2, 0.25) is 0 Å². The summed E-state index contributed by atoms with van der Waals surface area (Å²) in [5, 5.41) is 10.1. The summed E-state index contributed by atoms with van der Waals surface area (Å²) in [6.45, 7) is 6.04. The van der Waals surface area contributed by atoms with Crippen molar-refractivity contribution in [1.82, 2.24) is 0 Å². The summed E-state index contributed by atoms with van der Waals surface area (Å²) in [4.78, 5) is 0. The van der Waals surface area contributed by atoms with Gasteiger partial charge in [0.15, 0.2) is 11.6 Å². The summed E-state index contributed by atoms with van der Waals surface area (Å²) >= 11 is 0. The van der Waals surface area contributed by atoms with Crippen LogP contribution in [0.3, 0.4) is 0 Å². The standard InChI is InChI=1S/C14H22FNO2.ClH/c1-14(2,3)13(16)8-11(17)9-5-6-12(18-4)10(15)7-9;/h5-7,11,13,17H,8,16H2,1-4H3;1H/t11-,13-;/m0./s1. The Hall–Kier alpha value is -0.840. The quantitative estimate of drug-likeness (QED) is 0.896. The van der Waals surface area contributed by atoms with Crippen LogP contribution in [-0.4, -0.2) is 18.3 Å². The van der Waals surface area contributed by atoms with E-state index < -0.39 is 11.9 Å². The van der Waals surface area contributed by atoms with Crippen molar-refractivity contribution in [3.63, 3.8) is 0 Å². The largest absolute Gasteiger partial charge is 0.494 e. The van der Waals surface area contributed by atoms with E-state index in [1.807, 2.05) is 20.8 Å². The zero-order chi connectivity index (χ0) is 13.9. The fourth-order valence-corrected chi connectivity index (χ4v) is 1.62. The maximum atomic E-state index is 13.5. The first-order valence-corrected chi connectivity index (χ1v) is 6.02. The number of ether oxygens (including phenoxy) is 1. The third-order valence-corrected chi connectivity index (χ3v) is 3.15. The molecule has 1 rings (SSSR count). The molecule has 0 aromatic heterocycles. The van der Waals surface area contributed by atoms with Crippen molar-refractivity contribution in [2.24, 2.45) is 11.1 Å². The van der Waals surface area contributed by atoms with Gasteiger partial charge in [0.2, 0.25) is 0 Å². The number of hydrogen-bond donors (Lipinski definition) is 2. The van der Waals surface area contributed by atoms with Gasteiger partial charge in [0.1, 0.15) is 0 Å². The van der Waals surface area contributed by atoms with Gasteiger partial charge >= 0.3 is 0 Å². The van der Waals surface area contributed by atoms with Gasteiger partial charge in [-0.15, -0.1) is 12.4 Å². The number of aliphatic hydroxyl groups excluding tert-OH is 1. The second kappa shape index (κ2) is 7.08. The van der Waals surface area contributed by atoms with Crippen molar-refractivity contribution in [3.8, 4) is 5.75 Å². The number of rotatable bonds is 4. The lowest BCUT2D eigenvalue weighted by Gasteiger charge is -2.29. The molecular weight excluding hydrogens is 269 g/mol. The molecule has 1 aromatic rings. The Labute approximate surface area is 120 Å². The van der Waals surface area contributed by atoms with Crippen LogP contribution in [-0.2, 0) is 0 Å². The highest BCUT2D eigenvalue weighted by molar-refractivity contribution is 5.85. The first-order valence-electron chi connectivity index (χ1n) is 6.02. The van der Waals surface area contributed by atoms with Crippen molar-refractivity contribution in [2.75, 3.05) is 7.11 Å². The van der Waals surface area contributed by atoms with E-state index in [9.17, 15) is 9.50 Å². The topological polar surface area (TPSA) is 55.5 Å². The minimum atomic E-state index is -0.764. The Bertz CT molecular complexity index is 407. The molecule has 2 atom stereocenters. The van der Waals surface area contributed by atoms with E-state index >= 15 is 0 Å². The summed E-state index contributed by atoms with van der Waals surface area (Å²) < 4.78 is 18.3. The van der Waals surface area contributed by atoms with E-state index in [4.69, 9.17) is 10.5 Å². The third-order valence-electron chi connectivity index (χ3n) is 3.15. The zero-order valence-corrected chi connectivity index (χ0v) is 12.6. The fourth-order valence-electron chi connectivity index (χ4n) is 1.62. The molecule has 0 aliphatic rings. The molecule has 0 amide bonds. The van der Waals surface area contributed by atoms with Crippen molar-refractivity contribution in [1.29, 1.82) is 0 Å². The summed E-state index contributed by atoms with van der Waals surface area (Å²) in [5.74, 6) is -0.301. The van der Waals surface area contributed by atoms with Gasteiger partial charge in [0.05, 0.1) is 13.2 Å². The molecule has 5 heteroatoms. The second-order valence-electron chi connectivity index (χ2n) is 5.62. The Morgan fingerprint density at radius 3 is 2.37 bits per heavy atom. The van der Waals surface area contributed by atoms with Crippen LogP contribution in [0.4, 0.5) is 4.39 Å². The summed E-state index contributed by atoms with van der Waals surface area (Å²) in [6.07, 6.45) is -0.366. The average molecular weight is 292 g/mol. The highest BCUT2D eigenvalue weighted by Gasteiger charge is 2.24. The van der Waals surface area contributed by atoms with Crippen LogP contribution in [0, 0.1) is 11.2 Å². The van der Waals surface area contributed by atoms with Crippen molar-refractivity contribution in [2.45, 2.75) is 39.3 Å². The predicted octanol–water partition coefficient (Wildman–Crippen LogP) is 3.05. The number of nitrogens with two attached hydrogens (primary N) is 1. The van der Waals surface area contributed by atoms with Gasteiger partial charge < -0.3 is 15.6 Å². The molecule has 0 aliphatic carbocycles. The van der Waals surface area contributed by atoms with Crippen LogP contribution < -0.4 is 10.5 Å². The molecule has 3 N–H and O–H groups in total. The van der Waals surface area contributed by atoms with Gasteiger partial charge in [-0.2, -0.15) is 0 Å². The number of halogens is 2. The number of aliphatic hydroxyl groups is 1. The van der Waals surface area contributed by atoms with Crippen molar-refractivity contribution >= 4 is 12.4 Å². The number of benzene rings is 1. The van der Waals surface area contributed by atoms with E-state index in [1.165, 1.54) is 19.2 Å². The number of methoxy groups -OCH3 is 1. The van der Waals surface area contributed by atoms with Crippen LogP contribution >= 0.6 is 12.4 Å². The average Bonchev–Trinajstić information content (AvgIpc) is 2.27. The molecule has 110 valence electrons. The predicted molar refractivity (Wildman–Crippen MR) is 77.2 cm³/mol. The van der Waals surface area contributed by atoms with E-state index in [1.54, 1.807) is 6.07 Å². The molecule has 1 aromatic carbocycles. The molecule has 19 heavy (non-hydrogen) atoms. The SMILES string of the molecule is COc1ccc([C@@H](O)C[C@H](N)C(C)(C)C)cc1F.Cl. The van der Waals surface area contributed by atoms with Crippen molar-refractivity contribution < 1.29 is 14.2 Å². The summed E-state index contributed by atoms with van der Waals surface area (Å²) in [5.41, 5.74) is 6.43. The van der Waals surface area contributed by atoms with E-state index in [-0.39, 0.29) is 29.6 Å². The summed E-state index contributed by atoms with van der Waals surface area (Å²) in [6, 6.07) is 4.30. The maximum absolute atomic E-state index is 13.5. The second-order valence-corrected chi connectivity index (χ2v) is 5.62. The van der Waals surface area contributed by atoms with Gasteiger partial charge in [-0.05, 0) is 29.5 Å². The molecule has 0 saturated carbocycles. The van der Waals surface area contributed by atoms with E-state index in [2.05, 4.69) is 0 Å². The van der Waals surface area contributed by atoms with Gasteiger partial charge in [-0.1, -0.05) is 26.8 Å². The van der Waals surface area contributed by atoms with Crippen LogP contribution in [0.25, 0.3) is 0 Å². The van der Waals surface area contributed by atoms with E-state index in [0.29, 0.717) is 12.0 Å². The molecule has 0 bridgehead atoms. The Kier molecular flexibility index (Phi) is 6.77. The monoisotopic (exact) mass is 291 g/mol.